The van der Waals surface area contributed by atoms with E-state index in [1.807, 2.05) is 17.0 Å². The Labute approximate surface area is 143 Å². The summed E-state index contributed by atoms with van der Waals surface area (Å²) in [6.45, 7) is 1.44. The first-order chi connectivity index (χ1) is 11.8. The average Bonchev–Trinajstić information content (AvgIpc) is 2.62. The lowest BCUT2D eigenvalue weighted by Gasteiger charge is -2.34. The monoisotopic (exact) mass is 371 g/mol. The lowest BCUT2D eigenvalue weighted by atomic mass is 10.2. The van der Waals surface area contributed by atoms with Crippen LogP contribution in [0.25, 0.3) is 0 Å². The number of aromatic nitrogens is 1. The van der Waals surface area contributed by atoms with Crippen LogP contribution in [-0.4, -0.2) is 43.9 Å². The molecule has 1 fully saturated rings. The number of pyridine rings is 1. The van der Waals surface area contributed by atoms with Crippen LogP contribution < -0.4 is 4.90 Å². The molecular formula is C16H16F3N3O2S. The predicted molar refractivity (Wildman–Crippen MR) is 86.7 cm³/mol. The van der Waals surface area contributed by atoms with Gasteiger partial charge in [-0.25, -0.2) is 13.4 Å². The Bertz CT molecular complexity index is 816. The second kappa shape index (κ2) is 6.64. The molecule has 0 radical (unpaired) electrons. The lowest BCUT2D eigenvalue weighted by molar-refractivity contribution is -0.137. The molecule has 1 saturated heterocycles. The number of anilines is 1. The summed E-state index contributed by atoms with van der Waals surface area (Å²) in [7, 11) is -3.81. The molecule has 0 amide bonds. The van der Waals surface area contributed by atoms with Gasteiger partial charge in [0.25, 0.3) is 0 Å². The first kappa shape index (κ1) is 17.7. The van der Waals surface area contributed by atoms with Gasteiger partial charge in [-0.1, -0.05) is 6.07 Å². The Morgan fingerprint density at radius 2 is 1.56 bits per heavy atom. The summed E-state index contributed by atoms with van der Waals surface area (Å²) in [5.41, 5.74) is -0.869. The second-order valence-electron chi connectivity index (χ2n) is 5.60. The Morgan fingerprint density at radius 1 is 0.920 bits per heavy atom. The Kier molecular flexibility index (Phi) is 4.70. The van der Waals surface area contributed by atoms with Gasteiger partial charge in [-0.05, 0) is 36.4 Å². The van der Waals surface area contributed by atoms with Gasteiger partial charge in [0.05, 0.1) is 10.5 Å². The first-order valence-electron chi connectivity index (χ1n) is 7.62. The average molecular weight is 371 g/mol. The van der Waals surface area contributed by atoms with E-state index < -0.39 is 21.8 Å². The smallest absolute Gasteiger partial charge is 0.354 e. The van der Waals surface area contributed by atoms with Crippen LogP contribution in [0.5, 0.6) is 0 Å². The third kappa shape index (κ3) is 3.77. The second-order valence-corrected chi connectivity index (χ2v) is 7.54. The van der Waals surface area contributed by atoms with Gasteiger partial charge in [0.1, 0.15) is 5.82 Å². The van der Waals surface area contributed by atoms with Crippen molar-refractivity contribution in [3.63, 3.8) is 0 Å². The van der Waals surface area contributed by atoms with Crippen LogP contribution in [0.15, 0.2) is 53.6 Å². The first-order valence-corrected chi connectivity index (χ1v) is 9.06. The van der Waals surface area contributed by atoms with Crippen molar-refractivity contribution in [2.75, 3.05) is 31.1 Å². The molecule has 1 aromatic carbocycles. The van der Waals surface area contributed by atoms with Gasteiger partial charge < -0.3 is 4.90 Å². The number of rotatable bonds is 3. The highest BCUT2D eigenvalue weighted by molar-refractivity contribution is 7.89. The Balaban J connectivity index is 1.72. The van der Waals surface area contributed by atoms with Gasteiger partial charge in [0.2, 0.25) is 10.0 Å². The van der Waals surface area contributed by atoms with Gasteiger partial charge in [-0.2, -0.15) is 17.5 Å². The SMILES string of the molecule is O=S(=O)(c1ccc(C(F)(F)F)cc1)N1CCN(c2ccccn2)CC1. The van der Waals surface area contributed by atoms with E-state index in [2.05, 4.69) is 4.98 Å². The molecule has 5 nitrogen and oxygen atoms in total. The van der Waals surface area contributed by atoms with E-state index in [9.17, 15) is 21.6 Å². The largest absolute Gasteiger partial charge is 0.416 e. The minimum absolute atomic E-state index is 0.133. The number of hydrogen-bond acceptors (Lipinski definition) is 4. The fourth-order valence-electron chi connectivity index (χ4n) is 2.66. The van der Waals surface area contributed by atoms with Crippen LogP contribution in [0, 0.1) is 0 Å². The maximum atomic E-state index is 12.6. The van der Waals surface area contributed by atoms with Gasteiger partial charge in [-0.15, -0.1) is 0 Å². The van der Waals surface area contributed by atoms with Crippen molar-refractivity contribution in [3.8, 4) is 0 Å². The highest BCUT2D eigenvalue weighted by atomic mass is 32.2. The third-order valence-electron chi connectivity index (χ3n) is 4.03. The molecule has 1 aromatic heterocycles. The molecule has 2 aromatic rings. The number of benzene rings is 1. The van der Waals surface area contributed by atoms with Crippen molar-refractivity contribution >= 4 is 15.8 Å². The standard InChI is InChI=1S/C16H16F3N3O2S/c17-16(18,19)13-4-6-14(7-5-13)25(23,24)22-11-9-21(10-12-22)15-3-1-2-8-20-15/h1-8H,9-12H2. The molecule has 0 saturated carbocycles. The summed E-state index contributed by atoms with van der Waals surface area (Å²) in [6.07, 6.45) is -2.82. The molecule has 0 unspecified atom stereocenters. The fraction of sp³-hybridized carbons (Fsp3) is 0.312. The summed E-state index contributed by atoms with van der Waals surface area (Å²) in [6, 6.07) is 9.09. The molecule has 25 heavy (non-hydrogen) atoms. The van der Waals surface area contributed by atoms with E-state index >= 15 is 0 Å². The molecule has 1 aliphatic heterocycles. The van der Waals surface area contributed by atoms with Crippen LogP contribution in [0.1, 0.15) is 5.56 Å². The molecule has 3 rings (SSSR count). The van der Waals surface area contributed by atoms with Crippen molar-refractivity contribution in [2.45, 2.75) is 11.1 Å². The summed E-state index contributed by atoms with van der Waals surface area (Å²) in [5, 5.41) is 0. The van der Waals surface area contributed by atoms with Crippen LogP contribution in [-0.2, 0) is 16.2 Å². The van der Waals surface area contributed by atoms with Crippen molar-refractivity contribution < 1.29 is 21.6 Å². The molecule has 2 heterocycles. The molecule has 0 atom stereocenters. The fourth-order valence-corrected chi connectivity index (χ4v) is 4.09. The van der Waals surface area contributed by atoms with E-state index in [1.54, 1.807) is 12.3 Å². The minimum atomic E-state index is -4.49. The maximum Gasteiger partial charge on any atom is 0.416 e. The number of alkyl halides is 3. The van der Waals surface area contributed by atoms with Crippen molar-refractivity contribution in [1.82, 2.24) is 9.29 Å². The number of halogens is 3. The number of nitrogens with zero attached hydrogens (tertiary/aromatic N) is 3. The third-order valence-corrected chi connectivity index (χ3v) is 5.94. The van der Waals surface area contributed by atoms with Crippen LogP contribution in [0.4, 0.5) is 19.0 Å². The highest BCUT2D eigenvalue weighted by Crippen LogP contribution is 2.30. The summed E-state index contributed by atoms with van der Waals surface area (Å²) in [4.78, 5) is 6.07. The predicted octanol–water partition coefficient (Wildman–Crippen LogP) is 2.61. The zero-order valence-corrected chi connectivity index (χ0v) is 14.0. The van der Waals surface area contributed by atoms with E-state index in [0.717, 1.165) is 30.1 Å². The summed E-state index contributed by atoms with van der Waals surface area (Å²) >= 11 is 0. The Morgan fingerprint density at radius 3 is 2.08 bits per heavy atom. The number of hydrogen-bond donors (Lipinski definition) is 0. The van der Waals surface area contributed by atoms with Gasteiger partial charge in [-0.3, -0.25) is 0 Å². The topological polar surface area (TPSA) is 53.5 Å². The molecule has 134 valence electrons. The quantitative estimate of drug-likeness (QED) is 0.832. The summed E-state index contributed by atoms with van der Waals surface area (Å²) < 4.78 is 64.3. The molecule has 0 bridgehead atoms. The normalized spacial score (nSPS) is 16.8. The zero-order valence-electron chi connectivity index (χ0n) is 13.1. The molecule has 0 spiro atoms. The van der Waals surface area contributed by atoms with E-state index in [0.29, 0.717) is 13.1 Å². The van der Waals surface area contributed by atoms with Crippen LogP contribution >= 0.6 is 0 Å². The molecular weight excluding hydrogens is 355 g/mol. The van der Waals surface area contributed by atoms with Crippen LogP contribution in [0.3, 0.4) is 0 Å². The van der Waals surface area contributed by atoms with Crippen molar-refractivity contribution in [2.24, 2.45) is 0 Å². The minimum Gasteiger partial charge on any atom is -0.354 e. The number of piperazine rings is 1. The van der Waals surface area contributed by atoms with E-state index in [1.165, 1.54) is 4.31 Å². The van der Waals surface area contributed by atoms with Crippen LogP contribution in [0.2, 0.25) is 0 Å². The van der Waals surface area contributed by atoms with Crippen molar-refractivity contribution in [3.05, 3.63) is 54.2 Å². The molecule has 0 aliphatic carbocycles. The molecule has 1 aliphatic rings. The van der Waals surface area contributed by atoms with E-state index in [-0.39, 0.29) is 18.0 Å². The zero-order chi connectivity index (χ0) is 18.1. The van der Waals surface area contributed by atoms with Gasteiger partial charge in [0, 0.05) is 32.4 Å². The van der Waals surface area contributed by atoms with E-state index in [4.69, 9.17) is 0 Å². The Hall–Kier alpha value is -2.13. The van der Waals surface area contributed by atoms with Gasteiger partial charge in [0.15, 0.2) is 0 Å². The molecule has 9 heteroatoms. The number of sulfonamides is 1. The van der Waals surface area contributed by atoms with Gasteiger partial charge >= 0.3 is 6.18 Å². The summed E-state index contributed by atoms with van der Waals surface area (Å²) in [5.74, 6) is 0.772. The highest BCUT2D eigenvalue weighted by Gasteiger charge is 2.32. The molecule has 0 N–H and O–H groups in total. The van der Waals surface area contributed by atoms with Crippen molar-refractivity contribution in [1.29, 1.82) is 0 Å². The lowest BCUT2D eigenvalue weighted by Crippen LogP contribution is -2.48. The maximum absolute atomic E-state index is 12.6.